The van der Waals surface area contributed by atoms with Crippen LogP contribution in [0.3, 0.4) is 0 Å². The molecule has 3 aromatic rings. The number of hydrogen-bond acceptors (Lipinski definition) is 6. The second kappa shape index (κ2) is 10.8. The van der Waals surface area contributed by atoms with Crippen molar-refractivity contribution in [3.05, 3.63) is 104 Å². The molecule has 0 saturated heterocycles. The number of nitriles is 1. The first-order valence-electron chi connectivity index (χ1n) is 9.42. The van der Waals surface area contributed by atoms with Crippen molar-refractivity contribution in [3.63, 3.8) is 0 Å². The predicted octanol–water partition coefficient (Wildman–Crippen LogP) is 4.50. The summed E-state index contributed by atoms with van der Waals surface area (Å²) in [5.74, 6) is 0.0219. The lowest BCUT2D eigenvalue weighted by Crippen LogP contribution is -2.20. The smallest absolute Gasteiger partial charge is 0.273 e. The maximum atomic E-state index is 12.2. The van der Waals surface area contributed by atoms with Crippen LogP contribution in [0.4, 0.5) is 5.69 Å². The van der Waals surface area contributed by atoms with Gasteiger partial charge in [-0.05, 0) is 24.3 Å². The van der Waals surface area contributed by atoms with Gasteiger partial charge in [-0.15, -0.1) is 0 Å². The number of nitro groups is 1. The van der Waals surface area contributed by atoms with E-state index in [1.165, 1.54) is 18.3 Å². The molecule has 0 saturated carbocycles. The summed E-state index contributed by atoms with van der Waals surface area (Å²) in [6.45, 7) is 0.191. The molecule has 0 aliphatic heterocycles. The van der Waals surface area contributed by atoms with Crippen LogP contribution in [0.25, 0.3) is 0 Å². The summed E-state index contributed by atoms with van der Waals surface area (Å²) in [5, 5.41) is 24.3. The Kier molecular flexibility index (Phi) is 7.67. The average molecular weight is 493 g/mol. The zero-order chi connectivity index (χ0) is 22.9. The summed E-state index contributed by atoms with van der Waals surface area (Å²) >= 11 is 3.39. The Bertz CT molecular complexity index is 1220. The van der Waals surface area contributed by atoms with E-state index in [0.717, 1.165) is 10.0 Å². The maximum Gasteiger partial charge on any atom is 0.273 e. The Labute approximate surface area is 192 Å². The Hall–Kier alpha value is -4.03. The SMILES string of the molecule is N#Cc1ccccc1COc1ccc(Br)cc1C=NNC(=O)Cc1ccccc1[N+](=O)[O-]. The molecule has 0 heterocycles. The van der Waals surface area contributed by atoms with Crippen LogP contribution in [-0.4, -0.2) is 17.0 Å². The predicted molar refractivity (Wildman–Crippen MR) is 122 cm³/mol. The molecule has 0 fully saturated rings. The van der Waals surface area contributed by atoms with Crippen molar-refractivity contribution in [2.45, 2.75) is 13.0 Å². The lowest BCUT2D eigenvalue weighted by Gasteiger charge is -2.10. The van der Waals surface area contributed by atoms with Gasteiger partial charge in [0.05, 0.1) is 29.2 Å². The fraction of sp³-hybridized carbons (Fsp3) is 0.0870. The van der Waals surface area contributed by atoms with Crippen LogP contribution in [0, 0.1) is 21.4 Å². The highest BCUT2D eigenvalue weighted by Gasteiger charge is 2.15. The van der Waals surface area contributed by atoms with Gasteiger partial charge in [-0.3, -0.25) is 14.9 Å². The topological polar surface area (TPSA) is 118 Å². The van der Waals surface area contributed by atoms with Gasteiger partial charge in [0.25, 0.3) is 5.69 Å². The third-order valence-corrected chi connectivity index (χ3v) is 4.92. The summed E-state index contributed by atoms with van der Waals surface area (Å²) in [4.78, 5) is 22.7. The normalized spacial score (nSPS) is 10.5. The molecule has 8 nitrogen and oxygen atoms in total. The van der Waals surface area contributed by atoms with Crippen molar-refractivity contribution in [2.24, 2.45) is 5.10 Å². The number of nitro benzene ring substituents is 1. The molecule has 160 valence electrons. The molecule has 0 aliphatic carbocycles. The van der Waals surface area contributed by atoms with Crippen molar-refractivity contribution >= 4 is 33.7 Å². The summed E-state index contributed by atoms with van der Waals surface area (Å²) < 4.78 is 6.65. The van der Waals surface area contributed by atoms with E-state index in [1.807, 2.05) is 12.1 Å². The quantitative estimate of drug-likeness (QED) is 0.282. The van der Waals surface area contributed by atoms with Crippen LogP contribution < -0.4 is 10.2 Å². The molecule has 0 aliphatic rings. The molecular weight excluding hydrogens is 476 g/mol. The highest BCUT2D eigenvalue weighted by molar-refractivity contribution is 9.10. The lowest BCUT2D eigenvalue weighted by molar-refractivity contribution is -0.385. The Morgan fingerprint density at radius 1 is 1.16 bits per heavy atom. The van der Waals surface area contributed by atoms with E-state index in [2.05, 4.69) is 32.5 Å². The minimum Gasteiger partial charge on any atom is -0.488 e. The molecule has 0 unspecified atom stereocenters. The van der Waals surface area contributed by atoms with Crippen LogP contribution in [-0.2, 0) is 17.8 Å². The number of carbonyl (C=O) groups is 1. The molecule has 3 rings (SSSR count). The molecule has 1 amide bonds. The zero-order valence-electron chi connectivity index (χ0n) is 16.7. The van der Waals surface area contributed by atoms with Gasteiger partial charge >= 0.3 is 0 Å². The molecule has 0 radical (unpaired) electrons. The molecule has 32 heavy (non-hydrogen) atoms. The van der Waals surface area contributed by atoms with Crippen LogP contribution in [0.5, 0.6) is 5.75 Å². The largest absolute Gasteiger partial charge is 0.488 e. The number of rotatable bonds is 8. The second-order valence-electron chi connectivity index (χ2n) is 6.60. The van der Waals surface area contributed by atoms with Gasteiger partial charge in [-0.2, -0.15) is 10.4 Å². The number of ether oxygens (including phenoxy) is 1. The first-order chi connectivity index (χ1) is 15.5. The summed E-state index contributed by atoms with van der Waals surface area (Å²) in [5.41, 5.74) is 4.43. The monoisotopic (exact) mass is 492 g/mol. The van der Waals surface area contributed by atoms with E-state index in [4.69, 9.17) is 4.74 Å². The van der Waals surface area contributed by atoms with Crippen LogP contribution >= 0.6 is 15.9 Å². The fourth-order valence-corrected chi connectivity index (χ4v) is 3.27. The molecular formula is C23H17BrN4O4. The summed E-state index contributed by atoms with van der Waals surface area (Å²) in [6.07, 6.45) is 1.24. The maximum absolute atomic E-state index is 12.2. The number of hydrazone groups is 1. The third-order valence-electron chi connectivity index (χ3n) is 4.43. The Morgan fingerprint density at radius 3 is 2.62 bits per heavy atom. The molecule has 0 bridgehead atoms. The number of para-hydroxylation sites is 1. The van der Waals surface area contributed by atoms with Gasteiger partial charge in [0.1, 0.15) is 12.4 Å². The van der Waals surface area contributed by atoms with Crippen molar-refractivity contribution in [2.75, 3.05) is 0 Å². The number of benzene rings is 3. The zero-order valence-corrected chi connectivity index (χ0v) is 18.3. The minimum atomic E-state index is -0.526. The third kappa shape index (κ3) is 6.00. The van der Waals surface area contributed by atoms with Crippen LogP contribution in [0.2, 0.25) is 0 Å². The Morgan fingerprint density at radius 2 is 1.88 bits per heavy atom. The van der Waals surface area contributed by atoms with Crippen molar-refractivity contribution in [3.8, 4) is 11.8 Å². The van der Waals surface area contributed by atoms with E-state index in [0.29, 0.717) is 22.4 Å². The van der Waals surface area contributed by atoms with Crippen molar-refractivity contribution in [1.82, 2.24) is 5.43 Å². The number of nitrogens with zero attached hydrogens (tertiary/aromatic N) is 3. The summed E-state index contributed by atoms with van der Waals surface area (Å²) in [7, 11) is 0. The molecule has 9 heteroatoms. The molecule has 0 spiro atoms. The van der Waals surface area contributed by atoms with Crippen molar-refractivity contribution in [1.29, 1.82) is 5.26 Å². The summed E-state index contributed by atoms with van der Waals surface area (Å²) in [6, 6.07) is 20.6. The number of nitrogens with one attached hydrogen (secondary N) is 1. The molecule has 1 N–H and O–H groups in total. The van der Waals surface area contributed by atoms with Gasteiger partial charge < -0.3 is 4.74 Å². The van der Waals surface area contributed by atoms with Gasteiger partial charge in [0.2, 0.25) is 5.91 Å². The molecule has 3 aromatic carbocycles. The lowest BCUT2D eigenvalue weighted by atomic mass is 10.1. The first-order valence-corrected chi connectivity index (χ1v) is 10.2. The number of amides is 1. The van der Waals surface area contributed by atoms with E-state index in [9.17, 15) is 20.2 Å². The number of hydrogen-bond donors (Lipinski definition) is 1. The van der Waals surface area contributed by atoms with Crippen LogP contribution in [0.15, 0.2) is 76.3 Å². The minimum absolute atomic E-state index is 0.119. The van der Waals surface area contributed by atoms with E-state index in [-0.39, 0.29) is 18.7 Å². The second-order valence-corrected chi connectivity index (χ2v) is 7.51. The van der Waals surface area contributed by atoms with Gasteiger partial charge in [0.15, 0.2) is 0 Å². The number of carbonyl (C=O) groups excluding carboxylic acids is 1. The highest BCUT2D eigenvalue weighted by atomic mass is 79.9. The standard InChI is InChI=1S/C23H17BrN4O4/c24-20-9-10-22(32-15-18-7-2-1-6-17(18)13-25)19(11-20)14-26-27-23(29)12-16-5-3-4-8-21(16)28(30)31/h1-11,14H,12,15H2,(H,27,29). The van der Waals surface area contributed by atoms with Gasteiger partial charge in [-0.25, -0.2) is 5.43 Å². The Balaban J connectivity index is 1.68. The average Bonchev–Trinajstić information content (AvgIpc) is 2.79. The number of halogens is 1. The van der Waals surface area contributed by atoms with Crippen LogP contribution in [0.1, 0.15) is 22.3 Å². The highest BCUT2D eigenvalue weighted by Crippen LogP contribution is 2.23. The van der Waals surface area contributed by atoms with E-state index >= 15 is 0 Å². The van der Waals surface area contributed by atoms with Crippen molar-refractivity contribution < 1.29 is 14.5 Å². The van der Waals surface area contributed by atoms with E-state index < -0.39 is 10.8 Å². The fourth-order valence-electron chi connectivity index (χ4n) is 2.89. The first kappa shape index (κ1) is 22.7. The van der Waals surface area contributed by atoms with Gasteiger partial charge in [0, 0.05) is 27.2 Å². The van der Waals surface area contributed by atoms with E-state index in [1.54, 1.807) is 42.5 Å². The molecule has 0 aromatic heterocycles. The van der Waals surface area contributed by atoms with Gasteiger partial charge in [-0.1, -0.05) is 52.3 Å². The molecule has 0 atom stereocenters.